The summed E-state index contributed by atoms with van der Waals surface area (Å²) in [5.41, 5.74) is 1.45. The van der Waals surface area contributed by atoms with Crippen LogP contribution in [0.3, 0.4) is 0 Å². The quantitative estimate of drug-likeness (QED) is 0.486. The Morgan fingerprint density at radius 2 is 2.16 bits per heavy atom. The van der Waals surface area contributed by atoms with E-state index in [1.165, 1.54) is 42.1 Å². The number of hydrogen-bond donors (Lipinski definition) is 1. The van der Waals surface area contributed by atoms with Crippen LogP contribution in [0.2, 0.25) is 5.15 Å². The molecule has 0 radical (unpaired) electrons. The predicted molar refractivity (Wildman–Crippen MR) is 91.7 cm³/mol. The van der Waals surface area contributed by atoms with Gasteiger partial charge in [-0.15, -0.1) is 0 Å². The number of carbonyl (C=O) groups excluding carboxylic acids is 1. The van der Waals surface area contributed by atoms with E-state index in [1.54, 1.807) is 6.92 Å². The number of benzene rings is 1. The van der Waals surface area contributed by atoms with Gasteiger partial charge >= 0.3 is 0 Å². The van der Waals surface area contributed by atoms with Gasteiger partial charge in [0.2, 0.25) is 0 Å². The van der Waals surface area contributed by atoms with E-state index in [9.17, 15) is 14.4 Å². The molecule has 0 atom stereocenters. The van der Waals surface area contributed by atoms with Crippen molar-refractivity contribution >= 4 is 23.6 Å². The molecule has 0 unspecified atom stereocenters. The second kappa shape index (κ2) is 8.42. The molecule has 6 nitrogen and oxygen atoms in total. The number of halogens is 2. The fourth-order valence-corrected chi connectivity index (χ4v) is 2.41. The summed E-state index contributed by atoms with van der Waals surface area (Å²) in [5, 5.41) is 16.3. The first-order valence-corrected chi connectivity index (χ1v) is 7.75. The molecule has 25 heavy (non-hydrogen) atoms. The van der Waals surface area contributed by atoms with Crippen LogP contribution in [0.4, 0.5) is 4.39 Å². The van der Waals surface area contributed by atoms with Gasteiger partial charge in [-0.25, -0.2) is 9.07 Å². The van der Waals surface area contributed by atoms with Crippen molar-refractivity contribution in [2.24, 2.45) is 0 Å². The number of ether oxygens (including phenoxy) is 1. The molecule has 0 aliphatic heterocycles. The third-order valence-corrected chi connectivity index (χ3v) is 3.73. The highest BCUT2D eigenvalue weighted by Gasteiger charge is 2.16. The van der Waals surface area contributed by atoms with E-state index in [0.29, 0.717) is 23.6 Å². The highest BCUT2D eigenvalue weighted by Crippen LogP contribution is 2.25. The fourth-order valence-electron chi connectivity index (χ4n) is 2.08. The summed E-state index contributed by atoms with van der Waals surface area (Å²) in [6.45, 7) is 2.33. The molecule has 2 rings (SSSR count). The second-order valence-electron chi connectivity index (χ2n) is 5.10. The zero-order valence-corrected chi connectivity index (χ0v) is 14.5. The van der Waals surface area contributed by atoms with Gasteiger partial charge in [0.1, 0.15) is 22.6 Å². The highest BCUT2D eigenvalue weighted by molar-refractivity contribution is 6.31. The highest BCUT2D eigenvalue weighted by atomic mass is 35.5. The van der Waals surface area contributed by atoms with Crippen LogP contribution in [-0.2, 0) is 9.53 Å². The summed E-state index contributed by atoms with van der Waals surface area (Å²) >= 11 is 6.34. The van der Waals surface area contributed by atoms with Gasteiger partial charge in [0.25, 0.3) is 5.91 Å². The summed E-state index contributed by atoms with van der Waals surface area (Å²) in [4.78, 5) is 12.0. The van der Waals surface area contributed by atoms with Gasteiger partial charge in [-0.3, -0.25) is 4.79 Å². The largest absolute Gasteiger partial charge is 0.383 e. The molecule has 1 aromatic carbocycles. The number of aromatic nitrogens is 2. The van der Waals surface area contributed by atoms with Crippen LogP contribution in [-0.4, -0.2) is 35.9 Å². The van der Waals surface area contributed by atoms with Crippen LogP contribution in [0.15, 0.2) is 29.8 Å². The number of amides is 1. The van der Waals surface area contributed by atoms with Gasteiger partial charge in [0.15, 0.2) is 0 Å². The minimum Gasteiger partial charge on any atom is -0.383 e. The van der Waals surface area contributed by atoms with Gasteiger partial charge in [-0.2, -0.15) is 10.4 Å². The van der Waals surface area contributed by atoms with Crippen molar-refractivity contribution in [3.63, 3.8) is 0 Å². The Morgan fingerprint density at radius 1 is 1.48 bits per heavy atom. The molecular formula is C17H16ClFN4O2. The maximum Gasteiger partial charge on any atom is 0.262 e. The third-order valence-electron chi connectivity index (χ3n) is 3.36. The standard InChI is InChI=1S/C17H16ClFN4O2/c1-11-15(9-12(10-20)17(24)21-7-8-25-2)16(18)23(22-11)14-5-3-13(19)4-6-14/h3-6,9H,7-8H2,1-2H3,(H,21,24)/b12-9+. The van der Waals surface area contributed by atoms with Crippen molar-refractivity contribution in [3.8, 4) is 11.8 Å². The van der Waals surface area contributed by atoms with Gasteiger partial charge < -0.3 is 10.1 Å². The van der Waals surface area contributed by atoms with Crippen LogP contribution in [0.5, 0.6) is 0 Å². The summed E-state index contributed by atoms with van der Waals surface area (Å²) in [6.07, 6.45) is 1.38. The van der Waals surface area contributed by atoms with E-state index >= 15 is 0 Å². The van der Waals surface area contributed by atoms with Crippen molar-refractivity contribution in [1.82, 2.24) is 15.1 Å². The summed E-state index contributed by atoms with van der Waals surface area (Å²) < 4.78 is 19.3. The Hall–Kier alpha value is -2.69. The number of rotatable bonds is 6. The van der Waals surface area contributed by atoms with Crippen LogP contribution < -0.4 is 5.32 Å². The van der Waals surface area contributed by atoms with Gasteiger partial charge in [-0.1, -0.05) is 11.6 Å². The van der Waals surface area contributed by atoms with Gasteiger partial charge in [-0.05, 0) is 37.3 Å². The molecule has 1 aromatic heterocycles. The predicted octanol–water partition coefficient (Wildman–Crippen LogP) is 2.64. The average Bonchev–Trinajstić information content (AvgIpc) is 2.88. The van der Waals surface area contributed by atoms with Crippen molar-refractivity contribution in [3.05, 3.63) is 52.1 Å². The average molecular weight is 363 g/mol. The lowest BCUT2D eigenvalue weighted by Gasteiger charge is -2.04. The molecule has 0 saturated heterocycles. The molecule has 0 bridgehead atoms. The van der Waals surface area contributed by atoms with Crippen molar-refractivity contribution < 1.29 is 13.9 Å². The molecule has 8 heteroatoms. The normalized spacial score (nSPS) is 11.2. The second-order valence-corrected chi connectivity index (χ2v) is 5.45. The lowest BCUT2D eigenvalue weighted by atomic mass is 10.1. The number of nitriles is 1. The topological polar surface area (TPSA) is 79.9 Å². The maximum absolute atomic E-state index is 13.1. The molecule has 1 heterocycles. The Kier molecular flexibility index (Phi) is 6.28. The minimum atomic E-state index is -0.524. The van der Waals surface area contributed by atoms with Crippen LogP contribution in [0.1, 0.15) is 11.3 Å². The molecule has 0 saturated carbocycles. The van der Waals surface area contributed by atoms with Crippen molar-refractivity contribution in [1.29, 1.82) is 5.26 Å². The first kappa shape index (κ1) is 18.6. The summed E-state index contributed by atoms with van der Waals surface area (Å²) in [5.74, 6) is -0.895. The molecule has 0 aliphatic carbocycles. The first-order chi connectivity index (χ1) is 12.0. The van der Waals surface area contributed by atoms with E-state index < -0.39 is 5.91 Å². The minimum absolute atomic E-state index is 0.0974. The number of methoxy groups -OCH3 is 1. The fraction of sp³-hybridized carbons (Fsp3) is 0.235. The van der Waals surface area contributed by atoms with E-state index in [-0.39, 0.29) is 23.1 Å². The Labute approximate surface area is 149 Å². The number of hydrogen-bond acceptors (Lipinski definition) is 4. The molecule has 2 aromatic rings. The van der Waals surface area contributed by atoms with Crippen LogP contribution >= 0.6 is 11.6 Å². The molecule has 130 valence electrons. The molecule has 0 spiro atoms. The molecule has 1 amide bonds. The Bertz CT molecular complexity index is 838. The number of carbonyl (C=O) groups is 1. The Morgan fingerprint density at radius 3 is 2.76 bits per heavy atom. The Balaban J connectivity index is 2.34. The lowest BCUT2D eigenvalue weighted by Crippen LogP contribution is -2.27. The number of aryl methyl sites for hydroxylation is 1. The number of nitrogens with one attached hydrogen (secondary N) is 1. The maximum atomic E-state index is 13.1. The zero-order chi connectivity index (χ0) is 18.4. The molecule has 0 aliphatic rings. The van der Waals surface area contributed by atoms with Crippen molar-refractivity contribution in [2.75, 3.05) is 20.3 Å². The summed E-state index contributed by atoms with van der Waals surface area (Å²) in [6, 6.07) is 7.50. The monoisotopic (exact) mass is 362 g/mol. The lowest BCUT2D eigenvalue weighted by molar-refractivity contribution is -0.117. The van der Waals surface area contributed by atoms with E-state index in [0.717, 1.165) is 0 Å². The summed E-state index contributed by atoms with van der Waals surface area (Å²) in [7, 11) is 1.51. The SMILES string of the molecule is COCCNC(=O)/C(C#N)=C/c1c(C)nn(-c2ccc(F)cc2)c1Cl. The van der Waals surface area contributed by atoms with Crippen LogP contribution in [0.25, 0.3) is 11.8 Å². The molecule has 0 fully saturated rings. The van der Waals surface area contributed by atoms with E-state index in [1.807, 2.05) is 6.07 Å². The van der Waals surface area contributed by atoms with Gasteiger partial charge in [0, 0.05) is 19.2 Å². The number of nitrogens with zero attached hydrogens (tertiary/aromatic N) is 3. The smallest absolute Gasteiger partial charge is 0.262 e. The van der Waals surface area contributed by atoms with E-state index in [4.69, 9.17) is 16.3 Å². The van der Waals surface area contributed by atoms with Gasteiger partial charge in [0.05, 0.1) is 18.0 Å². The first-order valence-electron chi connectivity index (χ1n) is 7.38. The molecule has 1 N–H and O–H groups in total. The third kappa shape index (κ3) is 4.44. The van der Waals surface area contributed by atoms with Crippen molar-refractivity contribution in [2.45, 2.75) is 6.92 Å². The molecular weight excluding hydrogens is 347 g/mol. The van der Waals surface area contributed by atoms with E-state index in [2.05, 4.69) is 10.4 Å². The zero-order valence-electron chi connectivity index (χ0n) is 13.7. The van der Waals surface area contributed by atoms with Crippen LogP contribution in [0, 0.1) is 24.1 Å².